The van der Waals surface area contributed by atoms with Crippen LogP contribution in [0.2, 0.25) is 0 Å². The van der Waals surface area contributed by atoms with E-state index in [0.29, 0.717) is 5.56 Å². The van der Waals surface area contributed by atoms with Crippen LogP contribution in [-0.4, -0.2) is 12.2 Å². The number of fused-ring (bicyclic) bond motifs is 1. The fourth-order valence-corrected chi connectivity index (χ4v) is 2.32. The predicted octanol–water partition coefficient (Wildman–Crippen LogP) is 4.19. The molecule has 3 rings (SSSR count). The maximum atomic E-state index is 12.8. The number of hydrogen-bond donors (Lipinski definition) is 1. The standard InChI is InChI=1S/C17H11F3O4/c1-23-14-5-2-9(6-13(14)22)15-8-12(21)11-4-3-10(17(18,19)20)7-16(11)24-15/h2-8,22H,1H3. The second kappa shape index (κ2) is 5.59. The van der Waals surface area contributed by atoms with E-state index < -0.39 is 17.2 Å². The summed E-state index contributed by atoms with van der Waals surface area (Å²) in [6.45, 7) is 0. The first-order chi connectivity index (χ1) is 11.3. The lowest BCUT2D eigenvalue weighted by Crippen LogP contribution is -2.06. The van der Waals surface area contributed by atoms with E-state index in [-0.39, 0.29) is 28.2 Å². The Morgan fingerprint density at radius 3 is 2.46 bits per heavy atom. The van der Waals surface area contributed by atoms with E-state index in [0.717, 1.165) is 24.3 Å². The largest absolute Gasteiger partial charge is 0.504 e. The van der Waals surface area contributed by atoms with Crippen LogP contribution in [0.25, 0.3) is 22.3 Å². The summed E-state index contributed by atoms with van der Waals surface area (Å²) >= 11 is 0. The van der Waals surface area contributed by atoms with Crippen LogP contribution < -0.4 is 10.2 Å². The second-order valence-electron chi connectivity index (χ2n) is 5.07. The van der Waals surface area contributed by atoms with Crippen LogP contribution in [0.5, 0.6) is 11.5 Å². The molecule has 0 fully saturated rings. The van der Waals surface area contributed by atoms with Gasteiger partial charge in [-0.05, 0) is 36.4 Å². The molecule has 124 valence electrons. The van der Waals surface area contributed by atoms with Crippen molar-refractivity contribution in [2.75, 3.05) is 7.11 Å². The van der Waals surface area contributed by atoms with Crippen molar-refractivity contribution in [1.29, 1.82) is 0 Å². The summed E-state index contributed by atoms with van der Waals surface area (Å²) in [6, 6.07) is 8.14. The Balaban J connectivity index is 2.19. The normalized spacial score (nSPS) is 11.7. The molecule has 0 radical (unpaired) electrons. The lowest BCUT2D eigenvalue weighted by molar-refractivity contribution is -0.137. The van der Waals surface area contributed by atoms with Crippen molar-refractivity contribution in [1.82, 2.24) is 0 Å². The van der Waals surface area contributed by atoms with Gasteiger partial charge in [0.2, 0.25) is 0 Å². The third-order valence-corrected chi connectivity index (χ3v) is 3.52. The van der Waals surface area contributed by atoms with Crippen LogP contribution >= 0.6 is 0 Å². The van der Waals surface area contributed by atoms with E-state index in [1.807, 2.05) is 0 Å². The monoisotopic (exact) mass is 336 g/mol. The van der Waals surface area contributed by atoms with Crippen LogP contribution in [-0.2, 0) is 6.18 Å². The zero-order valence-corrected chi connectivity index (χ0v) is 12.3. The summed E-state index contributed by atoms with van der Waals surface area (Å²) in [5.41, 5.74) is -1.23. The molecule has 0 unspecified atom stereocenters. The van der Waals surface area contributed by atoms with Crippen LogP contribution in [0, 0.1) is 0 Å². The number of rotatable bonds is 2. The average Bonchev–Trinajstić information content (AvgIpc) is 2.53. The Bertz CT molecular complexity index is 974. The number of halogens is 3. The SMILES string of the molecule is COc1ccc(-c2cc(=O)c3ccc(C(F)(F)F)cc3o2)cc1O. The fraction of sp³-hybridized carbons (Fsp3) is 0.118. The molecule has 1 heterocycles. The molecule has 0 atom stereocenters. The molecule has 0 aliphatic heterocycles. The third kappa shape index (κ3) is 2.80. The lowest BCUT2D eigenvalue weighted by Gasteiger charge is -2.09. The number of alkyl halides is 3. The number of methoxy groups -OCH3 is 1. The van der Waals surface area contributed by atoms with Gasteiger partial charge in [-0.25, -0.2) is 0 Å². The molecule has 4 nitrogen and oxygen atoms in total. The minimum Gasteiger partial charge on any atom is -0.504 e. The van der Waals surface area contributed by atoms with Gasteiger partial charge in [-0.2, -0.15) is 13.2 Å². The predicted molar refractivity (Wildman–Crippen MR) is 81.1 cm³/mol. The van der Waals surface area contributed by atoms with Crippen molar-refractivity contribution >= 4 is 11.0 Å². The molecular weight excluding hydrogens is 325 g/mol. The van der Waals surface area contributed by atoms with E-state index in [2.05, 4.69) is 0 Å². The van der Waals surface area contributed by atoms with Gasteiger partial charge in [0, 0.05) is 11.6 Å². The van der Waals surface area contributed by atoms with Gasteiger partial charge < -0.3 is 14.3 Å². The Kier molecular flexibility index (Phi) is 3.71. The molecule has 24 heavy (non-hydrogen) atoms. The van der Waals surface area contributed by atoms with E-state index >= 15 is 0 Å². The second-order valence-corrected chi connectivity index (χ2v) is 5.07. The molecule has 0 spiro atoms. The van der Waals surface area contributed by atoms with Crippen molar-refractivity contribution in [3.05, 3.63) is 58.3 Å². The number of aromatic hydroxyl groups is 1. The minimum atomic E-state index is -4.54. The highest BCUT2D eigenvalue weighted by molar-refractivity contribution is 5.79. The minimum absolute atomic E-state index is 0.0458. The summed E-state index contributed by atoms with van der Waals surface area (Å²) in [5.74, 6) is 0.0906. The summed E-state index contributed by atoms with van der Waals surface area (Å²) < 4.78 is 48.8. The number of benzene rings is 2. The zero-order valence-electron chi connectivity index (χ0n) is 12.3. The van der Waals surface area contributed by atoms with E-state index in [1.165, 1.54) is 25.3 Å². The molecule has 0 aliphatic carbocycles. The molecule has 7 heteroatoms. The molecule has 2 aromatic carbocycles. The molecule has 0 amide bonds. The maximum absolute atomic E-state index is 12.8. The molecule has 0 bridgehead atoms. The molecule has 1 aromatic heterocycles. The third-order valence-electron chi connectivity index (χ3n) is 3.52. The topological polar surface area (TPSA) is 59.7 Å². The molecule has 3 aromatic rings. The van der Waals surface area contributed by atoms with Crippen molar-refractivity contribution in [3.8, 4) is 22.8 Å². The number of phenolic OH excluding ortho intramolecular Hbond substituents is 1. The Labute approximate surface area is 133 Å². The maximum Gasteiger partial charge on any atom is 0.416 e. The number of hydrogen-bond acceptors (Lipinski definition) is 4. The average molecular weight is 336 g/mol. The van der Waals surface area contributed by atoms with E-state index in [1.54, 1.807) is 0 Å². The highest BCUT2D eigenvalue weighted by atomic mass is 19.4. The molecule has 0 saturated heterocycles. The summed E-state index contributed by atoms with van der Waals surface area (Å²) in [4.78, 5) is 12.1. The lowest BCUT2D eigenvalue weighted by atomic mass is 10.1. The first kappa shape index (κ1) is 15.9. The highest BCUT2D eigenvalue weighted by Crippen LogP contribution is 2.34. The Morgan fingerprint density at radius 2 is 1.83 bits per heavy atom. The van der Waals surface area contributed by atoms with Crippen molar-refractivity contribution in [2.45, 2.75) is 6.18 Å². The fourth-order valence-electron chi connectivity index (χ4n) is 2.32. The first-order valence-electron chi connectivity index (χ1n) is 6.82. The first-order valence-corrected chi connectivity index (χ1v) is 6.82. The van der Waals surface area contributed by atoms with Gasteiger partial charge in [-0.15, -0.1) is 0 Å². The molecular formula is C17H11F3O4. The van der Waals surface area contributed by atoms with Gasteiger partial charge in [0.25, 0.3) is 0 Å². The van der Waals surface area contributed by atoms with Crippen LogP contribution in [0.1, 0.15) is 5.56 Å². The Morgan fingerprint density at radius 1 is 1.08 bits per heavy atom. The molecule has 0 saturated carbocycles. The van der Waals surface area contributed by atoms with Crippen LogP contribution in [0.4, 0.5) is 13.2 Å². The van der Waals surface area contributed by atoms with Gasteiger partial charge >= 0.3 is 6.18 Å². The smallest absolute Gasteiger partial charge is 0.416 e. The number of phenols is 1. The number of ether oxygens (including phenoxy) is 1. The summed E-state index contributed by atoms with van der Waals surface area (Å²) in [7, 11) is 1.38. The highest BCUT2D eigenvalue weighted by Gasteiger charge is 2.31. The van der Waals surface area contributed by atoms with E-state index in [9.17, 15) is 23.1 Å². The molecule has 0 aliphatic rings. The van der Waals surface area contributed by atoms with Crippen LogP contribution in [0.3, 0.4) is 0 Å². The van der Waals surface area contributed by atoms with Crippen LogP contribution in [0.15, 0.2) is 51.7 Å². The van der Waals surface area contributed by atoms with Gasteiger partial charge in [0.05, 0.1) is 18.1 Å². The van der Waals surface area contributed by atoms with Gasteiger partial charge in [-0.3, -0.25) is 4.79 Å². The van der Waals surface area contributed by atoms with Crippen molar-refractivity contribution < 1.29 is 27.4 Å². The quantitative estimate of drug-likeness (QED) is 0.762. The van der Waals surface area contributed by atoms with Crippen molar-refractivity contribution in [2.24, 2.45) is 0 Å². The zero-order chi connectivity index (χ0) is 17.5. The van der Waals surface area contributed by atoms with Gasteiger partial charge in [0.15, 0.2) is 16.9 Å². The van der Waals surface area contributed by atoms with Gasteiger partial charge in [-0.1, -0.05) is 0 Å². The van der Waals surface area contributed by atoms with E-state index in [4.69, 9.17) is 9.15 Å². The summed E-state index contributed by atoms with van der Waals surface area (Å²) in [5, 5.41) is 9.84. The summed E-state index contributed by atoms with van der Waals surface area (Å²) in [6.07, 6.45) is -4.54. The Hall–Kier alpha value is -2.96. The van der Waals surface area contributed by atoms with Crippen molar-refractivity contribution in [3.63, 3.8) is 0 Å². The molecule has 1 N–H and O–H groups in total. The van der Waals surface area contributed by atoms with Gasteiger partial charge in [0.1, 0.15) is 11.3 Å².